The third-order valence-corrected chi connectivity index (χ3v) is 9.38. The molecule has 0 saturated heterocycles. The Morgan fingerprint density at radius 2 is 0.558 bits per heavy atom. The molecule has 0 rings (SSSR count). The number of carbonyl (C=O) groups excluding carboxylic acids is 1. The summed E-state index contributed by atoms with van der Waals surface area (Å²) in [6.07, 6.45) is 41.0. The van der Waals surface area contributed by atoms with E-state index in [0.717, 1.165) is 76.2 Å². The van der Waals surface area contributed by atoms with Crippen LogP contribution in [0.2, 0.25) is 0 Å². The topological polar surface area (TPSA) is 26.3 Å². The SMILES string of the molecule is CC(C)=CCC/C(C)=C/CC/C(C)=C/CC/C(C)=C/CC/C(C)=C/CC/C(C)=C/CC/C(C)=C/CC/C(C)=C/CC/C(C)=C/COC(=O)C=C(C)C. The van der Waals surface area contributed by atoms with Crippen molar-refractivity contribution in [3.63, 3.8) is 0 Å². The van der Waals surface area contributed by atoms with Crippen LogP contribution in [0.1, 0.15) is 186 Å². The van der Waals surface area contributed by atoms with Gasteiger partial charge in [-0.25, -0.2) is 4.79 Å². The first-order valence-electron chi connectivity index (χ1n) is 20.4. The van der Waals surface area contributed by atoms with Gasteiger partial charge in [-0.2, -0.15) is 0 Å². The summed E-state index contributed by atoms with van der Waals surface area (Å²) in [6.45, 7) is 26.6. The predicted molar refractivity (Wildman–Crippen MR) is 234 cm³/mol. The molecule has 52 heavy (non-hydrogen) atoms. The Kier molecular flexibility index (Phi) is 29.5. The van der Waals surface area contributed by atoms with Crippen molar-refractivity contribution in [2.24, 2.45) is 0 Å². The van der Waals surface area contributed by atoms with E-state index < -0.39 is 0 Å². The first-order valence-corrected chi connectivity index (χ1v) is 20.4. The van der Waals surface area contributed by atoms with Crippen LogP contribution >= 0.6 is 0 Å². The highest BCUT2D eigenvalue weighted by Crippen LogP contribution is 2.17. The zero-order valence-corrected chi connectivity index (χ0v) is 36.1. The van der Waals surface area contributed by atoms with Crippen molar-refractivity contribution in [2.75, 3.05) is 6.61 Å². The van der Waals surface area contributed by atoms with Crippen molar-refractivity contribution in [3.8, 4) is 0 Å². The maximum atomic E-state index is 11.6. The highest BCUT2D eigenvalue weighted by molar-refractivity contribution is 5.82. The zero-order chi connectivity index (χ0) is 39.1. The smallest absolute Gasteiger partial charge is 0.330 e. The Labute approximate surface area is 323 Å². The Morgan fingerprint density at radius 3 is 0.788 bits per heavy atom. The van der Waals surface area contributed by atoms with E-state index in [9.17, 15) is 4.79 Å². The van der Waals surface area contributed by atoms with Crippen LogP contribution < -0.4 is 0 Å². The fourth-order valence-electron chi connectivity index (χ4n) is 5.77. The fourth-order valence-corrected chi connectivity index (χ4v) is 5.77. The minimum atomic E-state index is -0.266. The molecule has 0 aliphatic carbocycles. The van der Waals surface area contributed by atoms with Crippen molar-refractivity contribution in [3.05, 3.63) is 116 Å². The molecule has 0 aromatic heterocycles. The molecule has 0 saturated carbocycles. The van der Waals surface area contributed by atoms with Gasteiger partial charge in [-0.1, -0.05) is 104 Å². The predicted octanol–water partition coefficient (Wildman–Crippen LogP) is 16.3. The van der Waals surface area contributed by atoms with Gasteiger partial charge < -0.3 is 4.74 Å². The highest BCUT2D eigenvalue weighted by atomic mass is 16.5. The molecular formula is C50H80O2. The summed E-state index contributed by atoms with van der Waals surface area (Å²) < 4.78 is 5.22. The van der Waals surface area contributed by atoms with Crippen molar-refractivity contribution >= 4 is 5.97 Å². The number of hydrogen-bond acceptors (Lipinski definition) is 2. The fraction of sp³-hybridized carbons (Fsp3) is 0.580. The lowest BCUT2D eigenvalue weighted by Gasteiger charge is -2.04. The monoisotopic (exact) mass is 713 g/mol. The molecule has 2 nitrogen and oxygen atoms in total. The van der Waals surface area contributed by atoms with Crippen LogP contribution in [0.3, 0.4) is 0 Å². The lowest BCUT2D eigenvalue weighted by atomic mass is 10.0. The molecule has 0 radical (unpaired) electrons. The van der Waals surface area contributed by atoms with Crippen molar-refractivity contribution in [1.29, 1.82) is 0 Å². The van der Waals surface area contributed by atoms with Crippen molar-refractivity contribution < 1.29 is 9.53 Å². The van der Waals surface area contributed by atoms with E-state index in [4.69, 9.17) is 4.74 Å². The van der Waals surface area contributed by atoms with Gasteiger partial charge in [0.15, 0.2) is 0 Å². The zero-order valence-electron chi connectivity index (χ0n) is 36.1. The van der Waals surface area contributed by atoms with Gasteiger partial charge in [0.05, 0.1) is 0 Å². The number of rotatable bonds is 27. The van der Waals surface area contributed by atoms with Crippen LogP contribution in [-0.2, 0) is 9.53 Å². The average molecular weight is 713 g/mol. The molecule has 0 bridgehead atoms. The van der Waals surface area contributed by atoms with Crippen molar-refractivity contribution in [1.82, 2.24) is 0 Å². The molecular weight excluding hydrogens is 633 g/mol. The van der Waals surface area contributed by atoms with Crippen LogP contribution in [0.25, 0.3) is 0 Å². The Hall–Kier alpha value is -3.13. The summed E-state index contributed by atoms with van der Waals surface area (Å²) >= 11 is 0. The van der Waals surface area contributed by atoms with Crippen LogP contribution in [0.4, 0.5) is 0 Å². The number of esters is 1. The highest BCUT2D eigenvalue weighted by Gasteiger charge is 1.99. The molecule has 0 unspecified atom stereocenters. The minimum absolute atomic E-state index is 0.266. The van der Waals surface area contributed by atoms with Gasteiger partial charge in [0.2, 0.25) is 0 Å². The summed E-state index contributed by atoms with van der Waals surface area (Å²) in [5, 5.41) is 0. The van der Waals surface area contributed by atoms with E-state index in [0.29, 0.717) is 6.61 Å². The number of allylic oxidation sites excluding steroid dienone is 18. The van der Waals surface area contributed by atoms with Gasteiger partial charge in [0.1, 0.15) is 6.61 Å². The molecule has 0 spiro atoms. The molecule has 0 atom stereocenters. The average Bonchev–Trinajstić information content (AvgIpc) is 3.04. The molecule has 0 aliphatic rings. The van der Waals surface area contributed by atoms with Crippen LogP contribution in [-0.4, -0.2) is 12.6 Å². The van der Waals surface area contributed by atoms with E-state index in [1.807, 2.05) is 19.9 Å². The normalized spacial score (nSPS) is 14.2. The third kappa shape index (κ3) is 32.8. The van der Waals surface area contributed by atoms with E-state index in [1.54, 1.807) is 0 Å². The lowest BCUT2D eigenvalue weighted by molar-refractivity contribution is -0.136. The third-order valence-electron chi connectivity index (χ3n) is 9.38. The molecule has 0 aliphatic heterocycles. The van der Waals surface area contributed by atoms with E-state index in [2.05, 4.69) is 118 Å². The summed E-state index contributed by atoms with van der Waals surface area (Å²) in [4.78, 5) is 11.6. The van der Waals surface area contributed by atoms with E-state index >= 15 is 0 Å². The molecule has 2 heteroatoms. The molecule has 0 aromatic carbocycles. The Bertz CT molecular complexity index is 1330. The molecule has 0 aromatic rings. The maximum Gasteiger partial charge on any atom is 0.330 e. The Balaban J connectivity index is 4.25. The summed E-state index contributed by atoms with van der Waals surface area (Å²) in [7, 11) is 0. The number of hydrogen-bond donors (Lipinski definition) is 0. The number of ether oxygens (including phenoxy) is 1. The first-order chi connectivity index (χ1) is 24.7. The minimum Gasteiger partial charge on any atom is -0.458 e. The molecule has 0 heterocycles. The second-order valence-electron chi connectivity index (χ2n) is 15.8. The van der Waals surface area contributed by atoms with Crippen LogP contribution in [0, 0.1) is 0 Å². The van der Waals surface area contributed by atoms with Crippen LogP contribution in [0.5, 0.6) is 0 Å². The first kappa shape index (κ1) is 48.9. The second-order valence-corrected chi connectivity index (χ2v) is 15.8. The van der Waals surface area contributed by atoms with Gasteiger partial charge >= 0.3 is 5.97 Å². The molecule has 0 fully saturated rings. The second kappa shape index (κ2) is 31.4. The lowest BCUT2D eigenvalue weighted by Crippen LogP contribution is -2.01. The van der Waals surface area contributed by atoms with Gasteiger partial charge in [-0.3, -0.25) is 0 Å². The number of carbonyl (C=O) groups is 1. The standard InChI is InChI=1S/C50H80O2/c1-40(2)21-13-22-42(5)23-14-24-43(6)25-15-26-44(7)27-16-28-45(8)29-17-30-46(9)31-18-32-47(10)33-19-34-48(11)35-20-36-49(12)37-38-52-50(51)39-41(3)4/h21,23,25,27,29,31,33,35,37,39H,13-20,22,24,26,28,30,32,34,36,38H2,1-12H3/b42-23+,43-25+,44-27+,45-29+,46-31+,47-33+,48-35+,49-37+. The Morgan fingerprint density at radius 1 is 0.327 bits per heavy atom. The van der Waals surface area contributed by atoms with Crippen molar-refractivity contribution in [2.45, 2.75) is 186 Å². The van der Waals surface area contributed by atoms with E-state index in [-0.39, 0.29) is 5.97 Å². The maximum absolute atomic E-state index is 11.6. The quantitative estimate of drug-likeness (QED) is 0.0481. The molecule has 0 amide bonds. The van der Waals surface area contributed by atoms with Gasteiger partial charge in [0.25, 0.3) is 0 Å². The van der Waals surface area contributed by atoms with Gasteiger partial charge in [-0.05, 0) is 192 Å². The van der Waals surface area contributed by atoms with Gasteiger partial charge in [0, 0.05) is 6.08 Å². The summed E-state index contributed by atoms with van der Waals surface area (Å²) in [6, 6.07) is 0. The summed E-state index contributed by atoms with van der Waals surface area (Å²) in [5.74, 6) is -0.266. The van der Waals surface area contributed by atoms with Gasteiger partial charge in [-0.15, -0.1) is 0 Å². The molecule has 292 valence electrons. The van der Waals surface area contributed by atoms with E-state index in [1.165, 1.54) is 88.3 Å². The largest absolute Gasteiger partial charge is 0.458 e. The molecule has 0 N–H and O–H groups in total. The summed E-state index contributed by atoms with van der Waals surface area (Å²) in [5.41, 5.74) is 14.2. The van der Waals surface area contributed by atoms with Crippen LogP contribution in [0.15, 0.2) is 116 Å².